The summed E-state index contributed by atoms with van der Waals surface area (Å²) in [6.07, 6.45) is 0. The third-order valence-corrected chi connectivity index (χ3v) is 5.11. The maximum atomic E-state index is 10.9. The van der Waals surface area contributed by atoms with Gasteiger partial charge in [0.15, 0.2) is 0 Å². The predicted molar refractivity (Wildman–Crippen MR) is 120 cm³/mol. The van der Waals surface area contributed by atoms with Crippen molar-refractivity contribution in [1.82, 2.24) is 0 Å². The number of hydrogen-bond acceptors (Lipinski definition) is 2. The van der Waals surface area contributed by atoms with Crippen LogP contribution in [0.15, 0.2) is 97.1 Å². The third-order valence-electron chi connectivity index (χ3n) is 5.11. The third kappa shape index (κ3) is 3.71. The van der Waals surface area contributed by atoms with Crippen LogP contribution in [-0.4, -0.2) is 11.8 Å². The first-order valence-corrected chi connectivity index (χ1v) is 9.53. The Bertz CT molecular complexity index is 1070. The predicted octanol–water partition coefficient (Wildman–Crippen LogP) is 4.89. The van der Waals surface area contributed by atoms with Crippen LogP contribution < -0.4 is 11.5 Å². The number of benzene rings is 4. The lowest BCUT2D eigenvalue weighted by atomic mass is 9.81. The molecule has 4 N–H and O–H groups in total. The Morgan fingerprint density at radius 2 is 0.700 bits per heavy atom. The molecule has 2 amide bonds. The van der Waals surface area contributed by atoms with Gasteiger partial charge in [-0.05, 0) is 57.6 Å². The van der Waals surface area contributed by atoms with Crippen molar-refractivity contribution >= 4 is 11.8 Å². The molecule has 0 fully saturated rings. The van der Waals surface area contributed by atoms with Crippen LogP contribution in [0, 0.1) is 0 Å². The van der Waals surface area contributed by atoms with E-state index in [0.29, 0.717) is 11.1 Å². The summed E-state index contributed by atoms with van der Waals surface area (Å²) in [7, 11) is 0. The molecule has 1 aliphatic rings. The molecule has 30 heavy (non-hydrogen) atoms. The quantitative estimate of drug-likeness (QED) is 0.458. The summed E-state index contributed by atoms with van der Waals surface area (Å²) in [5.74, 6) is -0.906. The number of rotatable bonds is 3. The number of primary amides is 2. The molecule has 5 rings (SSSR count). The van der Waals surface area contributed by atoms with Crippen molar-refractivity contribution in [3.05, 3.63) is 108 Å². The average molecular weight is 392 g/mol. The van der Waals surface area contributed by atoms with Gasteiger partial charge in [-0.3, -0.25) is 9.59 Å². The van der Waals surface area contributed by atoms with Gasteiger partial charge >= 0.3 is 0 Å². The van der Waals surface area contributed by atoms with Crippen LogP contribution in [-0.2, 0) is 0 Å². The zero-order valence-electron chi connectivity index (χ0n) is 16.2. The largest absolute Gasteiger partial charge is 0.366 e. The highest BCUT2D eigenvalue weighted by atomic mass is 16.1. The van der Waals surface area contributed by atoms with Crippen molar-refractivity contribution < 1.29 is 9.59 Å². The van der Waals surface area contributed by atoms with Gasteiger partial charge in [-0.2, -0.15) is 0 Å². The van der Waals surface area contributed by atoms with Crippen LogP contribution in [0.2, 0.25) is 0 Å². The minimum atomic E-state index is -0.453. The van der Waals surface area contributed by atoms with E-state index in [2.05, 4.69) is 48.5 Å². The van der Waals surface area contributed by atoms with Gasteiger partial charge in [0, 0.05) is 11.1 Å². The highest BCUT2D eigenvalue weighted by molar-refractivity contribution is 6.02. The molecule has 4 aromatic carbocycles. The average Bonchev–Trinajstić information content (AvgIpc) is 2.78. The van der Waals surface area contributed by atoms with Crippen molar-refractivity contribution in [2.75, 3.05) is 0 Å². The van der Waals surface area contributed by atoms with Gasteiger partial charge in [-0.1, -0.05) is 72.8 Å². The first-order valence-electron chi connectivity index (χ1n) is 9.53. The number of nitrogens with two attached hydrogens (primary N) is 2. The summed E-state index contributed by atoms with van der Waals surface area (Å²) in [5.41, 5.74) is 18.7. The molecule has 0 aliphatic heterocycles. The standard InChI is InChI=1S/C14H12N2O2.C12H8/c15-13(17)11-5-1-9(2-6-11)10-3-7-12(8-4-10)14(16)18;1-2-6-10-9(5-1)11-7-3-4-8-12(10)11/h1-8H,(H2,15,17)(H2,16,18);1-8H. The molecule has 0 bridgehead atoms. The van der Waals surface area contributed by atoms with Crippen LogP contribution in [0.1, 0.15) is 20.7 Å². The van der Waals surface area contributed by atoms with E-state index in [1.807, 2.05) is 0 Å². The van der Waals surface area contributed by atoms with Crippen molar-refractivity contribution in [1.29, 1.82) is 0 Å². The van der Waals surface area contributed by atoms with Crippen molar-refractivity contribution in [2.24, 2.45) is 11.5 Å². The molecule has 0 heterocycles. The second-order valence-corrected chi connectivity index (χ2v) is 6.97. The topological polar surface area (TPSA) is 86.2 Å². The second kappa shape index (κ2) is 8.05. The lowest BCUT2D eigenvalue weighted by Crippen LogP contribution is -2.10. The molecule has 146 valence electrons. The van der Waals surface area contributed by atoms with Gasteiger partial charge in [-0.15, -0.1) is 0 Å². The summed E-state index contributed by atoms with van der Waals surface area (Å²) in [6, 6.07) is 31.0. The number of fused-ring (bicyclic) bond motifs is 4. The summed E-state index contributed by atoms with van der Waals surface area (Å²) in [4.78, 5) is 21.9. The summed E-state index contributed by atoms with van der Waals surface area (Å²) in [6.45, 7) is 0. The molecule has 0 radical (unpaired) electrons. The number of amides is 2. The molecular formula is C26H20N2O2. The minimum Gasteiger partial charge on any atom is -0.366 e. The van der Waals surface area contributed by atoms with Crippen LogP contribution in [0.4, 0.5) is 0 Å². The number of carbonyl (C=O) groups excluding carboxylic acids is 2. The van der Waals surface area contributed by atoms with Gasteiger partial charge in [-0.25, -0.2) is 0 Å². The minimum absolute atomic E-state index is 0.453. The summed E-state index contributed by atoms with van der Waals surface area (Å²) in [5, 5.41) is 0. The SMILES string of the molecule is NC(=O)c1ccc(-c2ccc(C(N)=O)cc2)cc1.c1ccc2c(c1)-c1ccccc1-2. The molecule has 4 aromatic rings. The van der Waals surface area contributed by atoms with Crippen LogP contribution in [0.5, 0.6) is 0 Å². The molecule has 0 aromatic heterocycles. The normalized spacial score (nSPS) is 10.5. The van der Waals surface area contributed by atoms with Crippen molar-refractivity contribution in [3.63, 3.8) is 0 Å². The molecule has 0 unspecified atom stereocenters. The molecule has 1 aliphatic carbocycles. The van der Waals surface area contributed by atoms with E-state index in [0.717, 1.165) is 11.1 Å². The molecule has 0 saturated heterocycles. The van der Waals surface area contributed by atoms with E-state index in [9.17, 15) is 9.59 Å². The van der Waals surface area contributed by atoms with E-state index < -0.39 is 11.8 Å². The summed E-state index contributed by atoms with van der Waals surface area (Å²) >= 11 is 0. The van der Waals surface area contributed by atoms with E-state index in [-0.39, 0.29) is 0 Å². The number of hydrogen-bond donors (Lipinski definition) is 2. The molecular weight excluding hydrogens is 372 g/mol. The lowest BCUT2D eigenvalue weighted by Gasteiger charge is -2.22. The lowest BCUT2D eigenvalue weighted by molar-refractivity contribution is 0.0992. The zero-order valence-corrected chi connectivity index (χ0v) is 16.2. The van der Waals surface area contributed by atoms with Crippen molar-refractivity contribution in [3.8, 4) is 33.4 Å². The fraction of sp³-hybridized carbons (Fsp3) is 0. The van der Waals surface area contributed by atoms with E-state index >= 15 is 0 Å². The second-order valence-electron chi connectivity index (χ2n) is 6.97. The van der Waals surface area contributed by atoms with E-state index in [4.69, 9.17) is 11.5 Å². The fourth-order valence-electron chi connectivity index (χ4n) is 3.50. The highest BCUT2D eigenvalue weighted by Gasteiger charge is 2.19. The summed E-state index contributed by atoms with van der Waals surface area (Å²) < 4.78 is 0. The maximum Gasteiger partial charge on any atom is 0.248 e. The van der Waals surface area contributed by atoms with Crippen molar-refractivity contribution in [2.45, 2.75) is 0 Å². The molecule has 0 saturated carbocycles. The Balaban J connectivity index is 0.000000156. The molecule has 4 heteroatoms. The van der Waals surface area contributed by atoms with Crippen LogP contribution >= 0.6 is 0 Å². The van der Waals surface area contributed by atoms with Gasteiger partial charge in [0.2, 0.25) is 11.8 Å². The Hall–Kier alpha value is -4.18. The number of carbonyl (C=O) groups is 2. The Morgan fingerprint density at radius 1 is 0.433 bits per heavy atom. The highest BCUT2D eigenvalue weighted by Crippen LogP contribution is 2.46. The van der Waals surface area contributed by atoms with Gasteiger partial charge < -0.3 is 11.5 Å². The molecule has 0 spiro atoms. The Labute approximate surface area is 174 Å². The first-order chi connectivity index (χ1) is 14.5. The van der Waals surface area contributed by atoms with Gasteiger partial charge in [0.05, 0.1) is 0 Å². The smallest absolute Gasteiger partial charge is 0.248 e. The zero-order chi connectivity index (χ0) is 21.1. The van der Waals surface area contributed by atoms with E-state index in [1.165, 1.54) is 22.3 Å². The van der Waals surface area contributed by atoms with Crippen LogP contribution in [0.3, 0.4) is 0 Å². The monoisotopic (exact) mass is 392 g/mol. The first kappa shape index (κ1) is 19.2. The fourth-order valence-corrected chi connectivity index (χ4v) is 3.50. The Kier molecular flexibility index (Phi) is 5.14. The van der Waals surface area contributed by atoms with Gasteiger partial charge in [0.25, 0.3) is 0 Å². The molecule has 0 atom stereocenters. The van der Waals surface area contributed by atoms with Gasteiger partial charge in [0.1, 0.15) is 0 Å². The van der Waals surface area contributed by atoms with Crippen LogP contribution in [0.25, 0.3) is 33.4 Å². The Morgan fingerprint density at radius 3 is 0.933 bits per heavy atom. The van der Waals surface area contributed by atoms with E-state index in [1.54, 1.807) is 48.5 Å². The molecule has 4 nitrogen and oxygen atoms in total. The maximum absolute atomic E-state index is 10.9.